The van der Waals surface area contributed by atoms with Crippen LogP contribution in [-0.2, 0) is 9.59 Å². The fourth-order valence-corrected chi connectivity index (χ4v) is 3.71. The van der Waals surface area contributed by atoms with Crippen LogP contribution in [0.5, 0.6) is 11.5 Å². The van der Waals surface area contributed by atoms with Crippen molar-refractivity contribution in [3.63, 3.8) is 0 Å². The van der Waals surface area contributed by atoms with Crippen molar-refractivity contribution in [3.05, 3.63) is 95.6 Å². The van der Waals surface area contributed by atoms with E-state index in [1.165, 1.54) is 17.0 Å². The number of phenolic OH excluding ortho intramolecular Hbond substituents is 1. The molecule has 1 heterocycles. The molecule has 1 aliphatic rings. The van der Waals surface area contributed by atoms with Gasteiger partial charge in [-0.3, -0.25) is 14.5 Å². The van der Waals surface area contributed by atoms with E-state index < -0.39 is 17.7 Å². The summed E-state index contributed by atoms with van der Waals surface area (Å²) < 4.78 is 5.50. The molecule has 1 amide bonds. The first-order valence-corrected chi connectivity index (χ1v) is 9.89. The van der Waals surface area contributed by atoms with Crippen LogP contribution in [-0.4, -0.2) is 28.5 Å². The normalized spacial score (nSPS) is 17.7. The number of ether oxygens (including phenoxy) is 1. The van der Waals surface area contributed by atoms with Crippen molar-refractivity contribution in [1.82, 2.24) is 0 Å². The SMILES string of the molecule is CCOc1cccc(/C(O)=C2/C(=O)C(=O)N(c3ccccc3)C2c2ccc(O)cc2)c1. The number of carbonyl (C=O) groups is 2. The lowest BCUT2D eigenvalue weighted by Crippen LogP contribution is -2.29. The average Bonchev–Trinajstić information content (AvgIpc) is 3.05. The van der Waals surface area contributed by atoms with Crippen molar-refractivity contribution in [2.75, 3.05) is 11.5 Å². The van der Waals surface area contributed by atoms with E-state index in [0.29, 0.717) is 29.2 Å². The highest BCUT2D eigenvalue weighted by atomic mass is 16.5. The van der Waals surface area contributed by atoms with Gasteiger partial charge in [-0.05, 0) is 48.9 Å². The molecule has 1 fully saturated rings. The number of anilines is 1. The predicted molar refractivity (Wildman–Crippen MR) is 117 cm³/mol. The van der Waals surface area contributed by atoms with Gasteiger partial charge >= 0.3 is 0 Å². The lowest BCUT2D eigenvalue weighted by atomic mass is 9.95. The fraction of sp³-hybridized carbons (Fsp3) is 0.120. The Labute approximate surface area is 179 Å². The number of aliphatic hydroxyl groups excluding tert-OH is 1. The summed E-state index contributed by atoms with van der Waals surface area (Å²) in [5.74, 6) is -1.18. The van der Waals surface area contributed by atoms with E-state index in [9.17, 15) is 19.8 Å². The molecular weight excluding hydrogens is 394 g/mol. The van der Waals surface area contributed by atoms with E-state index in [-0.39, 0.29) is 17.1 Å². The third kappa shape index (κ3) is 3.75. The second-order valence-electron chi connectivity index (χ2n) is 7.06. The van der Waals surface area contributed by atoms with Crippen LogP contribution in [0.3, 0.4) is 0 Å². The van der Waals surface area contributed by atoms with Crippen LogP contribution in [0.25, 0.3) is 5.76 Å². The highest BCUT2D eigenvalue weighted by Gasteiger charge is 2.46. The Hall–Kier alpha value is -4.06. The Morgan fingerprint density at radius 3 is 2.35 bits per heavy atom. The number of aliphatic hydroxyl groups is 1. The first-order chi connectivity index (χ1) is 15.0. The van der Waals surface area contributed by atoms with Gasteiger partial charge in [0.15, 0.2) is 0 Å². The van der Waals surface area contributed by atoms with Crippen LogP contribution in [0.1, 0.15) is 24.1 Å². The summed E-state index contributed by atoms with van der Waals surface area (Å²) in [6.07, 6.45) is 0. The van der Waals surface area contributed by atoms with Gasteiger partial charge in [-0.25, -0.2) is 0 Å². The van der Waals surface area contributed by atoms with Gasteiger partial charge in [0.2, 0.25) is 0 Å². The average molecular weight is 415 g/mol. The predicted octanol–water partition coefficient (Wildman–Crippen LogP) is 4.42. The number of hydrogen-bond donors (Lipinski definition) is 2. The number of rotatable bonds is 5. The number of Topliss-reactive ketones (excluding diaryl/α,β-unsaturated/α-hetero) is 1. The summed E-state index contributed by atoms with van der Waals surface area (Å²) in [6, 6.07) is 20.9. The number of hydrogen-bond acceptors (Lipinski definition) is 5. The Morgan fingerprint density at radius 2 is 1.68 bits per heavy atom. The number of carbonyl (C=O) groups excluding carboxylic acids is 2. The minimum absolute atomic E-state index is 0.0202. The standard InChI is InChI=1S/C25H21NO5/c1-2-31-20-10-6-7-17(15-20)23(28)21-22(16-11-13-19(27)14-12-16)26(25(30)24(21)29)18-8-4-3-5-9-18/h3-15,22,27-28H,2H2,1H3/b23-21-. The van der Waals surface area contributed by atoms with E-state index in [1.54, 1.807) is 60.7 Å². The van der Waals surface area contributed by atoms with Crippen molar-refractivity contribution in [1.29, 1.82) is 0 Å². The Morgan fingerprint density at radius 1 is 0.968 bits per heavy atom. The van der Waals surface area contributed by atoms with E-state index in [0.717, 1.165) is 0 Å². The molecule has 156 valence electrons. The molecule has 4 rings (SSSR count). The summed E-state index contributed by atoms with van der Waals surface area (Å²) in [5, 5.41) is 20.8. The maximum Gasteiger partial charge on any atom is 0.300 e. The van der Waals surface area contributed by atoms with Gasteiger partial charge < -0.3 is 14.9 Å². The van der Waals surface area contributed by atoms with Crippen molar-refractivity contribution >= 4 is 23.1 Å². The lowest BCUT2D eigenvalue weighted by molar-refractivity contribution is -0.132. The molecule has 0 aromatic heterocycles. The molecule has 2 N–H and O–H groups in total. The van der Waals surface area contributed by atoms with Gasteiger partial charge in [0, 0.05) is 11.3 Å². The van der Waals surface area contributed by atoms with Gasteiger partial charge in [-0.2, -0.15) is 0 Å². The summed E-state index contributed by atoms with van der Waals surface area (Å²) in [4.78, 5) is 27.5. The molecule has 3 aromatic rings. The van der Waals surface area contributed by atoms with Gasteiger partial charge in [0.25, 0.3) is 11.7 Å². The first kappa shape index (κ1) is 20.2. The minimum atomic E-state index is -0.848. The second-order valence-corrected chi connectivity index (χ2v) is 7.06. The number of benzene rings is 3. The molecule has 0 aliphatic carbocycles. The van der Waals surface area contributed by atoms with Crippen molar-refractivity contribution in [3.8, 4) is 11.5 Å². The van der Waals surface area contributed by atoms with Crippen LogP contribution in [0.15, 0.2) is 84.4 Å². The zero-order valence-corrected chi connectivity index (χ0v) is 16.9. The van der Waals surface area contributed by atoms with Crippen LogP contribution >= 0.6 is 0 Å². The highest BCUT2D eigenvalue weighted by Crippen LogP contribution is 2.42. The van der Waals surface area contributed by atoms with E-state index in [2.05, 4.69) is 0 Å². The van der Waals surface area contributed by atoms with Gasteiger partial charge in [-0.1, -0.05) is 42.5 Å². The molecule has 6 heteroatoms. The second kappa shape index (κ2) is 8.36. The Balaban J connectivity index is 1.91. The van der Waals surface area contributed by atoms with Gasteiger partial charge in [-0.15, -0.1) is 0 Å². The zero-order chi connectivity index (χ0) is 22.0. The van der Waals surface area contributed by atoms with Crippen LogP contribution in [0, 0.1) is 0 Å². The molecular formula is C25H21NO5. The maximum atomic E-state index is 13.1. The van der Waals surface area contributed by atoms with Crippen molar-refractivity contribution in [2.45, 2.75) is 13.0 Å². The molecule has 0 radical (unpaired) electrons. The fourth-order valence-electron chi connectivity index (χ4n) is 3.71. The first-order valence-electron chi connectivity index (χ1n) is 9.89. The van der Waals surface area contributed by atoms with Crippen LogP contribution < -0.4 is 9.64 Å². The number of nitrogens with zero attached hydrogens (tertiary/aromatic N) is 1. The molecule has 1 aliphatic heterocycles. The zero-order valence-electron chi connectivity index (χ0n) is 16.9. The minimum Gasteiger partial charge on any atom is -0.508 e. The number of aromatic hydroxyl groups is 1. The summed E-state index contributed by atoms with van der Waals surface area (Å²) in [6.45, 7) is 2.30. The molecule has 0 spiro atoms. The number of para-hydroxylation sites is 1. The molecule has 1 atom stereocenters. The van der Waals surface area contributed by atoms with E-state index in [4.69, 9.17) is 4.74 Å². The third-order valence-corrected chi connectivity index (χ3v) is 5.11. The largest absolute Gasteiger partial charge is 0.508 e. The van der Waals surface area contributed by atoms with E-state index >= 15 is 0 Å². The topological polar surface area (TPSA) is 87.1 Å². The van der Waals surface area contributed by atoms with Crippen molar-refractivity contribution in [2.24, 2.45) is 0 Å². The summed E-state index contributed by atoms with van der Waals surface area (Å²) >= 11 is 0. The van der Waals surface area contributed by atoms with Gasteiger partial charge in [0.1, 0.15) is 17.3 Å². The van der Waals surface area contributed by atoms with Crippen LogP contribution in [0.2, 0.25) is 0 Å². The molecule has 1 unspecified atom stereocenters. The van der Waals surface area contributed by atoms with Crippen LogP contribution in [0.4, 0.5) is 5.69 Å². The lowest BCUT2D eigenvalue weighted by Gasteiger charge is -2.25. The summed E-state index contributed by atoms with van der Waals surface area (Å²) in [7, 11) is 0. The third-order valence-electron chi connectivity index (χ3n) is 5.11. The Kier molecular flexibility index (Phi) is 5.45. The highest BCUT2D eigenvalue weighted by molar-refractivity contribution is 6.51. The molecule has 6 nitrogen and oxygen atoms in total. The van der Waals surface area contributed by atoms with E-state index in [1.807, 2.05) is 13.0 Å². The summed E-state index contributed by atoms with van der Waals surface area (Å²) in [5.41, 5.74) is 1.47. The number of phenols is 1. The number of amides is 1. The molecule has 3 aromatic carbocycles. The van der Waals surface area contributed by atoms with Crippen molar-refractivity contribution < 1.29 is 24.5 Å². The quantitative estimate of drug-likeness (QED) is 0.366. The molecule has 31 heavy (non-hydrogen) atoms. The smallest absolute Gasteiger partial charge is 0.300 e. The molecule has 0 saturated carbocycles. The number of ketones is 1. The monoisotopic (exact) mass is 415 g/mol. The van der Waals surface area contributed by atoms with Gasteiger partial charge in [0.05, 0.1) is 18.2 Å². The molecule has 1 saturated heterocycles. The molecule has 0 bridgehead atoms. The maximum absolute atomic E-state index is 13.1. The Bertz CT molecular complexity index is 1150.